The zero-order valence-corrected chi connectivity index (χ0v) is 10.6. The fourth-order valence-corrected chi connectivity index (χ4v) is 2.00. The van der Waals surface area contributed by atoms with Crippen molar-refractivity contribution in [2.45, 2.75) is 6.54 Å². The molecule has 3 nitrogen and oxygen atoms in total. The predicted molar refractivity (Wildman–Crippen MR) is 74.1 cm³/mol. The number of para-hydroxylation sites is 2. The van der Waals surface area contributed by atoms with E-state index in [1.165, 1.54) is 12.1 Å². The quantitative estimate of drug-likeness (QED) is 0.858. The first-order valence-corrected chi connectivity index (χ1v) is 5.85. The van der Waals surface area contributed by atoms with Crippen molar-refractivity contribution in [3.63, 3.8) is 0 Å². The maximum Gasteiger partial charge on any atom is 0.124 e. The first kappa shape index (κ1) is 12.9. The van der Waals surface area contributed by atoms with E-state index < -0.39 is 5.82 Å². The third-order valence-electron chi connectivity index (χ3n) is 2.85. The number of nitriles is 1. The summed E-state index contributed by atoms with van der Waals surface area (Å²) in [5, 5.41) is 8.83. The summed E-state index contributed by atoms with van der Waals surface area (Å²) in [6.07, 6.45) is 0. The van der Waals surface area contributed by atoms with Gasteiger partial charge in [-0.2, -0.15) is 5.26 Å². The fourth-order valence-electron chi connectivity index (χ4n) is 2.00. The van der Waals surface area contributed by atoms with E-state index in [9.17, 15) is 4.39 Å². The number of rotatable bonds is 3. The van der Waals surface area contributed by atoms with Crippen molar-refractivity contribution < 1.29 is 4.39 Å². The Morgan fingerprint density at radius 2 is 2.00 bits per heavy atom. The van der Waals surface area contributed by atoms with Gasteiger partial charge in [0.25, 0.3) is 0 Å². The first-order chi connectivity index (χ1) is 9.10. The monoisotopic (exact) mass is 255 g/mol. The Morgan fingerprint density at radius 1 is 1.26 bits per heavy atom. The summed E-state index contributed by atoms with van der Waals surface area (Å²) in [6.45, 7) is 0.487. The maximum atomic E-state index is 13.4. The Balaban J connectivity index is 2.24. The number of halogens is 1. The van der Waals surface area contributed by atoms with Crippen LogP contribution in [0.3, 0.4) is 0 Å². The number of hydrogen-bond donors (Lipinski definition) is 1. The van der Waals surface area contributed by atoms with Crippen LogP contribution < -0.4 is 10.6 Å². The van der Waals surface area contributed by atoms with Gasteiger partial charge >= 0.3 is 0 Å². The van der Waals surface area contributed by atoms with Gasteiger partial charge in [0.15, 0.2) is 0 Å². The van der Waals surface area contributed by atoms with E-state index >= 15 is 0 Å². The Labute approximate surface area is 111 Å². The van der Waals surface area contributed by atoms with Crippen molar-refractivity contribution >= 4 is 11.4 Å². The van der Waals surface area contributed by atoms with Crippen molar-refractivity contribution in [3.05, 3.63) is 59.4 Å². The lowest BCUT2D eigenvalue weighted by atomic mass is 10.1. The maximum absolute atomic E-state index is 13.4. The minimum Gasteiger partial charge on any atom is -0.397 e. The van der Waals surface area contributed by atoms with Gasteiger partial charge in [0.1, 0.15) is 5.82 Å². The van der Waals surface area contributed by atoms with E-state index in [0.29, 0.717) is 17.8 Å². The van der Waals surface area contributed by atoms with Gasteiger partial charge in [-0.3, -0.25) is 0 Å². The molecule has 0 aromatic heterocycles. The second-order valence-electron chi connectivity index (χ2n) is 4.37. The van der Waals surface area contributed by atoms with Gasteiger partial charge in [-0.15, -0.1) is 0 Å². The summed E-state index contributed by atoms with van der Waals surface area (Å²) in [6, 6.07) is 13.8. The molecule has 0 amide bonds. The number of nitrogen functional groups attached to an aromatic ring is 1. The average Bonchev–Trinajstić information content (AvgIpc) is 2.38. The molecule has 0 bridgehead atoms. The van der Waals surface area contributed by atoms with Crippen LogP contribution in [0, 0.1) is 17.1 Å². The van der Waals surface area contributed by atoms with Gasteiger partial charge in [-0.1, -0.05) is 12.1 Å². The molecule has 0 spiro atoms. The zero-order chi connectivity index (χ0) is 13.8. The number of benzene rings is 2. The van der Waals surface area contributed by atoms with Crippen molar-refractivity contribution in [1.82, 2.24) is 0 Å². The lowest BCUT2D eigenvalue weighted by molar-refractivity contribution is 0.624. The molecule has 2 N–H and O–H groups in total. The SMILES string of the molecule is CN(Cc1cc(F)cc(C#N)c1)c1ccccc1N. The molecule has 0 saturated carbocycles. The van der Waals surface area contributed by atoms with Crippen molar-refractivity contribution in [1.29, 1.82) is 5.26 Å². The molecular formula is C15H14FN3. The second kappa shape index (κ2) is 5.40. The van der Waals surface area contributed by atoms with Crippen molar-refractivity contribution in [2.75, 3.05) is 17.7 Å². The summed E-state index contributed by atoms with van der Waals surface area (Å²) in [4.78, 5) is 1.92. The number of nitrogens with two attached hydrogens (primary N) is 1. The van der Waals surface area contributed by atoms with Crippen LogP contribution in [0.15, 0.2) is 42.5 Å². The minimum absolute atomic E-state index is 0.324. The molecule has 2 aromatic rings. The predicted octanol–water partition coefficient (Wildman–Crippen LogP) is 2.92. The topological polar surface area (TPSA) is 53.0 Å². The highest BCUT2D eigenvalue weighted by molar-refractivity contribution is 5.66. The minimum atomic E-state index is -0.400. The van der Waals surface area contributed by atoms with Gasteiger partial charge in [-0.05, 0) is 35.9 Å². The van der Waals surface area contributed by atoms with Crippen molar-refractivity contribution in [3.8, 4) is 6.07 Å². The van der Waals surface area contributed by atoms with E-state index in [1.54, 1.807) is 6.07 Å². The van der Waals surface area contributed by atoms with E-state index in [-0.39, 0.29) is 0 Å². The lowest BCUT2D eigenvalue weighted by Gasteiger charge is -2.21. The molecule has 0 unspecified atom stereocenters. The third kappa shape index (κ3) is 3.02. The lowest BCUT2D eigenvalue weighted by Crippen LogP contribution is -2.17. The van der Waals surface area contributed by atoms with E-state index in [0.717, 1.165) is 11.3 Å². The van der Waals surface area contributed by atoms with Crippen LogP contribution in [0.2, 0.25) is 0 Å². The zero-order valence-electron chi connectivity index (χ0n) is 10.6. The molecule has 96 valence electrons. The van der Waals surface area contributed by atoms with Crippen LogP contribution >= 0.6 is 0 Å². The van der Waals surface area contributed by atoms with Crippen LogP contribution in [0.1, 0.15) is 11.1 Å². The molecular weight excluding hydrogens is 241 g/mol. The molecule has 0 atom stereocenters. The van der Waals surface area contributed by atoms with Gasteiger partial charge in [0.05, 0.1) is 23.0 Å². The molecule has 0 aliphatic rings. The largest absolute Gasteiger partial charge is 0.397 e. The van der Waals surface area contributed by atoms with Gasteiger partial charge in [0.2, 0.25) is 0 Å². The van der Waals surface area contributed by atoms with Crippen LogP contribution in [-0.2, 0) is 6.54 Å². The molecule has 0 aliphatic heterocycles. The summed E-state index contributed by atoms with van der Waals surface area (Å²) < 4.78 is 13.4. The van der Waals surface area contributed by atoms with Crippen LogP contribution in [0.25, 0.3) is 0 Å². The molecule has 0 fully saturated rings. The van der Waals surface area contributed by atoms with Crippen LogP contribution in [0.5, 0.6) is 0 Å². The highest BCUT2D eigenvalue weighted by Gasteiger charge is 2.07. The van der Waals surface area contributed by atoms with Crippen LogP contribution in [0.4, 0.5) is 15.8 Å². The van der Waals surface area contributed by atoms with Gasteiger partial charge < -0.3 is 10.6 Å². The Morgan fingerprint density at radius 3 is 2.68 bits per heavy atom. The molecule has 0 radical (unpaired) electrons. The van der Waals surface area contributed by atoms with E-state index in [4.69, 9.17) is 11.0 Å². The number of anilines is 2. The highest BCUT2D eigenvalue weighted by atomic mass is 19.1. The Hall–Kier alpha value is -2.54. The first-order valence-electron chi connectivity index (χ1n) is 5.85. The van der Waals surface area contributed by atoms with Crippen molar-refractivity contribution in [2.24, 2.45) is 0 Å². The fraction of sp³-hybridized carbons (Fsp3) is 0.133. The smallest absolute Gasteiger partial charge is 0.124 e. The van der Waals surface area contributed by atoms with E-state index in [2.05, 4.69) is 0 Å². The number of hydrogen-bond acceptors (Lipinski definition) is 3. The Bertz CT molecular complexity index is 632. The molecule has 19 heavy (non-hydrogen) atoms. The Kier molecular flexibility index (Phi) is 3.67. The molecule has 0 aliphatic carbocycles. The van der Waals surface area contributed by atoms with Gasteiger partial charge in [0, 0.05) is 13.6 Å². The third-order valence-corrected chi connectivity index (χ3v) is 2.85. The van der Waals surface area contributed by atoms with Gasteiger partial charge in [-0.25, -0.2) is 4.39 Å². The summed E-state index contributed by atoms with van der Waals surface area (Å²) >= 11 is 0. The number of nitrogens with zero attached hydrogens (tertiary/aromatic N) is 2. The molecule has 2 rings (SSSR count). The highest BCUT2D eigenvalue weighted by Crippen LogP contribution is 2.23. The second-order valence-corrected chi connectivity index (χ2v) is 4.37. The average molecular weight is 255 g/mol. The summed E-state index contributed by atoms with van der Waals surface area (Å²) in [7, 11) is 1.88. The standard InChI is InChI=1S/C15H14FN3/c1-19(15-5-3-2-4-14(15)18)10-12-6-11(9-17)7-13(16)8-12/h2-8H,10,18H2,1H3. The summed E-state index contributed by atoms with van der Waals surface area (Å²) in [5.41, 5.74) is 8.50. The van der Waals surface area contributed by atoms with Crippen LogP contribution in [-0.4, -0.2) is 7.05 Å². The molecule has 0 heterocycles. The molecule has 2 aromatic carbocycles. The molecule has 4 heteroatoms. The van der Waals surface area contributed by atoms with E-state index in [1.807, 2.05) is 42.3 Å². The normalized spacial score (nSPS) is 9.95. The molecule has 0 saturated heterocycles. The summed E-state index contributed by atoms with van der Waals surface area (Å²) in [5.74, 6) is -0.400.